The van der Waals surface area contributed by atoms with Crippen molar-refractivity contribution in [3.05, 3.63) is 18.2 Å². The fourth-order valence-corrected chi connectivity index (χ4v) is 3.36. The highest BCUT2D eigenvalue weighted by atomic mass is 16.5. The molecule has 0 saturated carbocycles. The molecule has 0 bridgehead atoms. The lowest BCUT2D eigenvalue weighted by Gasteiger charge is -2.21. The van der Waals surface area contributed by atoms with Crippen molar-refractivity contribution >= 4 is 17.5 Å². The summed E-state index contributed by atoms with van der Waals surface area (Å²) in [5.41, 5.74) is 6.58. The third-order valence-electron chi connectivity index (χ3n) is 4.69. The summed E-state index contributed by atoms with van der Waals surface area (Å²) in [7, 11) is 3.12. The second-order valence-corrected chi connectivity index (χ2v) is 6.28. The number of nitrogens with two attached hydrogens (primary N) is 1. The van der Waals surface area contributed by atoms with Crippen LogP contribution in [0.1, 0.15) is 12.8 Å². The highest BCUT2D eigenvalue weighted by molar-refractivity contribution is 6.00. The summed E-state index contributed by atoms with van der Waals surface area (Å²) < 4.78 is 10.5. The number of rotatable bonds is 4. The topological polar surface area (TPSA) is 85.1 Å². The minimum atomic E-state index is -0.309. The first-order valence-corrected chi connectivity index (χ1v) is 8.10. The number of nitrogens with zero attached hydrogens (tertiary/aromatic N) is 2. The van der Waals surface area contributed by atoms with E-state index in [-0.39, 0.29) is 30.2 Å². The van der Waals surface area contributed by atoms with Gasteiger partial charge in [0.15, 0.2) is 11.5 Å². The van der Waals surface area contributed by atoms with E-state index in [0.717, 1.165) is 6.42 Å². The number of benzene rings is 1. The van der Waals surface area contributed by atoms with E-state index in [2.05, 4.69) is 0 Å². The number of carbonyl (C=O) groups is 2. The first-order valence-electron chi connectivity index (χ1n) is 8.10. The number of likely N-dealkylation sites (tertiary alicyclic amines) is 1. The third kappa shape index (κ3) is 3.03. The molecule has 2 unspecified atom stereocenters. The molecular weight excluding hydrogens is 310 g/mol. The van der Waals surface area contributed by atoms with Gasteiger partial charge in [0.2, 0.25) is 11.8 Å². The Morgan fingerprint density at radius 3 is 2.58 bits per heavy atom. The molecule has 2 aliphatic rings. The van der Waals surface area contributed by atoms with Gasteiger partial charge in [-0.05, 0) is 18.6 Å². The van der Waals surface area contributed by atoms with Crippen LogP contribution in [0.3, 0.4) is 0 Å². The first-order chi connectivity index (χ1) is 11.5. The van der Waals surface area contributed by atoms with Crippen molar-refractivity contribution in [2.45, 2.75) is 18.9 Å². The SMILES string of the molecule is COc1ccc(N2CC(C(=O)N3CCC(N)C3)CC2=O)cc1OC. The number of anilines is 1. The number of methoxy groups -OCH3 is 2. The second kappa shape index (κ2) is 6.68. The molecule has 0 radical (unpaired) electrons. The van der Waals surface area contributed by atoms with Gasteiger partial charge in [0, 0.05) is 43.9 Å². The van der Waals surface area contributed by atoms with Crippen molar-refractivity contribution in [2.75, 3.05) is 38.8 Å². The van der Waals surface area contributed by atoms with Gasteiger partial charge in [-0.25, -0.2) is 0 Å². The molecule has 2 N–H and O–H groups in total. The zero-order chi connectivity index (χ0) is 17.3. The van der Waals surface area contributed by atoms with E-state index in [9.17, 15) is 9.59 Å². The summed E-state index contributed by atoms with van der Waals surface area (Å²) in [4.78, 5) is 28.4. The number of carbonyl (C=O) groups excluding carboxylic acids is 2. The average molecular weight is 333 g/mol. The zero-order valence-corrected chi connectivity index (χ0v) is 14.0. The summed E-state index contributed by atoms with van der Waals surface area (Å²) in [6.45, 7) is 1.65. The standard InChI is InChI=1S/C17H23N3O4/c1-23-14-4-3-13(8-15(14)24-2)20-9-11(7-16(20)21)17(22)19-6-5-12(18)10-19/h3-4,8,11-12H,5-7,9-10,18H2,1-2H3. The Bertz CT molecular complexity index is 649. The third-order valence-corrected chi connectivity index (χ3v) is 4.69. The number of hydrogen-bond acceptors (Lipinski definition) is 5. The maximum atomic E-state index is 12.6. The molecule has 0 aliphatic carbocycles. The smallest absolute Gasteiger partial charge is 0.228 e. The molecule has 2 heterocycles. The van der Waals surface area contributed by atoms with Crippen molar-refractivity contribution in [1.82, 2.24) is 4.90 Å². The van der Waals surface area contributed by atoms with E-state index in [1.807, 2.05) is 0 Å². The fourth-order valence-electron chi connectivity index (χ4n) is 3.36. The highest BCUT2D eigenvalue weighted by Crippen LogP contribution is 2.34. The molecule has 3 rings (SSSR count). The molecule has 1 aromatic rings. The van der Waals surface area contributed by atoms with Gasteiger partial charge < -0.3 is 25.0 Å². The molecule has 2 aliphatic heterocycles. The van der Waals surface area contributed by atoms with Gasteiger partial charge in [0.05, 0.1) is 20.1 Å². The van der Waals surface area contributed by atoms with Crippen molar-refractivity contribution < 1.29 is 19.1 Å². The molecular formula is C17H23N3O4. The summed E-state index contributed by atoms with van der Waals surface area (Å²) in [5.74, 6) is 0.828. The number of hydrogen-bond donors (Lipinski definition) is 1. The fraction of sp³-hybridized carbons (Fsp3) is 0.529. The predicted octanol–water partition coefficient (Wildman–Crippen LogP) is 0.616. The Kier molecular flexibility index (Phi) is 4.62. The molecule has 130 valence electrons. The molecule has 1 aromatic carbocycles. The second-order valence-electron chi connectivity index (χ2n) is 6.28. The zero-order valence-electron chi connectivity index (χ0n) is 14.0. The van der Waals surface area contributed by atoms with Crippen LogP contribution in [0.2, 0.25) is 0 Å². The maximum absolute atomic E-state index is 12.6. The quantitative estimate of drug-likeness (QED) is 0.873. The Hall–Kier alpha value is -2.28. The van der Waals surface area contributed by atoms with Gasteiger partial charge in [-0.15, -0.1) is 0 Å². The van der Waals surface area contributed by atoms with Crippen LogP contribution in [0.4, 0.5) is 5.69 Å². The minimum absolute atomic E-state index is 0.0271. The van der Waals surface area contributed by atoms with Crippen LogP contribution in [0.5, 0.6) is 11.5 Å². The lowest BCUT2D eigenvalue weighted by Crippen LogP contribution is -2.37. The highest BCUT2D eigenvalue weighted by Gasteiger charge is 2.38. The largest absolute Gasteiger partial charge is 0.493 e. The Balaban J connectivity index is 1.74. The van der Waals surface area contributed by atoms with Gasteiger partial charge >= 0.3 is 0 Å². The van der Waals surface area contributed by atoms with Crippen LogP contribution in [-0.4, -0.2) is 56.6 Å². The number of amides is 2. The molecule has 7 heteroatoms. The van der Waals surface area contributed by atoms with E-state index in [1.165, 1.54) is 0 Å². The first kappa shape index (κ1) is 16.6. The van der Waals surface area contributed by atoms with Gasteiger partial charge in [-0.2, -0.15) is 0 Å². The van der Waals surface area contributed by atoms with Gasteiger partial charge in [-0.1, -0.05) is 0 Å². The monoisotopic (exact) mass is 333 g/mol. The normalized spacial score (nSPS) is 23.7. The van der Waals surface area contributed by atoms with E-state index in [0.29, 0.717) is 36.8 Å². The number of ether oxygens (including phenoxy) is 2. The molecule has 2 fully saturated rings. The summed E-state index contributed by atoms with van der Waals surface area (Å²) in [5, 5.41) is 0. The van der Waals surface area contributed by atoms with Crippen LogP contribution in [0.15, 0.2) is 18.2 Å². The van der Waals surface area contributed by atoms with Crippen LogP contribution >= 0.6 is 0 Å². The summed E-state index contributed by atoms with van der Waals surface area (Å²) >= 11 is 0. The van der Waals surface area contributed by atoms with Crippen LogP contribution in [-0.2, 0) is 9.59 Å². The van der Waals surface area contributed by atoms with E-state index in [1.54, 1.807) is 42.2 Å². The van der Waals surface area contributed by atoms with Gasteiger partial charge in [0.25, 0.3) is 0 Å². The van der Waals surface area contributed by atoms with Crippen LogP contribution < -0.4 is 20.1 Å². The van der Waals surface area contributed by atoms with Crippen LogP contribution in [0, 0.1) is 5.92 Å². The van der Waals surface area contributed by atoms with Crippen molar-refractivity contribution in [2.24, 2.45) is 11.7 Å². The van der Waals surface area contributed by atoms with Gasteiger partial charge in [0.1, 0.15) is 0 Å². The van der Waals surface area contributed by atoms with Crippen LogP contribution in [0.25, 0.3) is 0 Å². The Morgan fingerprint density at radius 1 is 1.21 bits per heavy atom. The van der Waals surface area contributed by atoms with Gasteiger partial charge in [-0.3, -0.25) is 9.59 Å². The Labute approximate surface area is 141 Å². The lowest BCUT2D eigenvalue weighted by atomic mass is 10.1. The minimum Gasteiger partial charge on any atom is -0.493 e. The Morgan fingerprint density at radius 2 is 1.96 bits per heavy atom. The molecule has 2 amide bonds. The molecule has 2 saturated heterocycles. The summed E-state index contributed by atoms with van der Waals surface area (Å²) in [6.07, 6.45) is 1.06. The van der Waals surface area contributed by atoms with E-state index >= 15 is 0 Å². The average Bonchev–Trinajstić information content (AvgIpc) is 3.19. The van der Waals surface area contributed by atoms with Crippen molar-refractivity contribution in [3.8, 4) is 11.5 Å². The lowest BCUT2D eigenvalue weighted by molar-refractivity contribution is -0.134. The predicted molar refractivity (Wildman–Crippen MR) is 89.2 cm³/mol. The molecule has 2 atom stereocenters. The molecule has 0 aromatic heterocycles. The van der Waals surface area contributed by atoms with Crippen molar-refractivity contribution in [1.29, 1.82) is 0 Å². The summed E-state index contributed by atoms with van der Waals surface area (Å²) in [6, 6.07) is 5.37. The van der Waals surface area contributed by atoms with E-state index < -0.39 is 0 Å². The maximum Gasteiger partial charge on any atom is 0.228 e. The molecule has 7 nitrogen and oxygen atoms in total. The molecule has 24 heavy (non-hydrogen) atoms. The van der Waals surface area contributed by atoms with E-state index in [4.69, 9.17) is 15.2 Å². The van der Waals surface area contributed by atoms with Crippen molar-refractivity contribution in [3.63, 3.8) is 0 Å². The molecule has 0 spiro atoms.